The number of carbonyl (C=O) groups excluding carboxylic acids is 1. The normalized spacial score (nSPS) is 11.4. The fraction of sp³-hybridized carbons (Fsp3) is 0.227. The SMILES string of the molecule is COc1ccc(-c2ccc(OCCNC(=O)C(C)Oc3ccc(F)cc3)nn2)cc1. The maximum absolute atomic E-state index is 12.9. The Bertz CT molecular complexity index is 948. The third-order valence-corrected chi connectivity index (χ3v) is 4.17. The lowest BCUT2D eigenvalue weighted by Gasteiger charge is -2.14. The van der Waals surface area contributed by atoms with Crippen LogP contribution in [0.15, 0.2) is 60.7 Å². The molecule has 2 aromatic carbocycles. The fourth-order valence-electron chi connectivity index (χ4n) is 2.56. The molecule has 1 atom stereocenters. The number of rotatable bonds is 9. The van der Waals surface area contributed by atoms with Gasteiger partial charge in [0.15, 0.2) is 6.10 Å². The largest absolute Gasteiger partial charge is 0.497 e. The van der Waals surface area contributed by atoms with Crippen molar-refractivity contribution in [2.24, 2.45) is 0 Å². The van der Waals surface area contributed by atoms with E-state index in [9.17, 15) is 9.18 Å². The molecule has 0 fully saturated rings. The first-order valence-electron chi connectivity index (χ1n) is 9.36. The Morgan fingerprint density at radius 1 is 1.00 bits per heavy atom. The summed E-state index contributed by atoms with van der Waals surface area (Å²) in [4.78, 5) is 12.1. The van der Waals surface area contributed by atoms with E-state index in [0.717, 1.165) is 11.3 Å². The number of nitrogens with one attached hydrogen (secondary N) is 1. The molecule has 3 rings (SSSR count). The van der Waals surface area contributed by atoms with E-state index >= 15 is 0 Å². The quantitative estimate of drug-likeness (QED) is 0.545. The first-order valence-corrected chi connectivity index (χ1v) is 9.36. The molecule has 156 valence electrons. The van der Waals surface area contributed by atoms with Gasteiger partial charge in [0.2, 0.25) is 5.88 Å². The van der Waals surface area contributed by atoms with Crippen molar-refractivity contribution in [3.8, 4) is 28.6 Å². The van der Waals surface area contributed by atoms with E-state index in [0.29, 0.717) is 17.3 Å². The summed E-state index contributed by atoms with van der Waals surface area (Å²) >= 11 is 0. The maximum Gasteiger partial charge on any atom is 0.260 e. The molecule has 0 radical (unpaired) electrons. The van der Waals surface area contributed by atoms with Gasteiger partial charge in [-0.2, -0.15) is 0 Å². The number of methoxy groups -OCH3 is 1. The van der Waals surface area contributed by atoms with Gasteiger partial charge in [-0.1, -0.05) is 0 Å². The first-order chi connectivity index (χ1) is 14.5. The average molecular weight is 411 g/mol. The Labute approximate surface area is 173 Å². The molecule has 7 nitrogen and oxygen atoms in total. The average Bonchev–Trinajstić information content (AvgIpc) is 2.78. The monoisotopic (exact) mass is 411 g/mol. The molecule has 0 aliphatic carbocycles. The minimum atomic E-state index is -0.723. The van der Waals surface area contributed by atoms with Crippen molar-refractivity contribution in [2.45, 2.75) is 13.0 Å². The molecule has 1 unspecified atom stereocenters. The van der Waals surface area contributed by atoms with E-state index in [4.69, 9.17) is 14.2 Å². The summed E-state index contributed by atoms with van der Waals surface area (Å²) in [5, 5.41) is 10.9. The molecule has 8 heteroatoms. The lowest BCUT2D eigenvalue weighted by molar-refractivity contribution is -0.127. The van der Waals surface area contributed by atoms with Crippen LogP contribution in [0.4, 0.5) is 4.39 Å². The van der Waals surface area contributed by atoms with Gasteiger partial charge in [-0.05, 0) is 61.5 Å². The van der Waals surface area contributed by atoms with Gasteiger partial charge in [-0.25, -0.2) is 4.39 Å². The van der Waals surface area contributed by atoms with Crippen LogP contribution in [-0.2, 0) is 4.79 Å². The second-order valence-corrected chi connectivity index (χ2v) is 6.34. The molecular formula is C22H22FN3O4. The summed E-state index contributed by atoms with van der Waals surface area (Å²) in [7, 11) is 1.61. The molecule has 1 aromatic heterocycles. The molecule has 0 aliphatic rings. The lowest BCUT2D eigenvalue weighted by atomic mass is 10.1. The van der Waals surface area contributed by atoms with Gasteiger partial charge < -0.3 is 19.5 Å². The molecule has 0 aliphatic heterocycles. The molecule has 3 aromatic rings. The van der Waals surface area contributed by atoms with E-state index in [1.165, 1.54) is 24.3 Å². The van der Waals surface area contributed by atoms with E-state index in [1.54, 1.807) is 26.2 Å². The topological polar surface area (TPSA) is 82.6 Å². The summed E-state index contributed by atoms with van der Waals surface area (Å²) < 4.78 is 29.0. The lowest BCUT2D eigenvalue weighted by Crippen LogP contribution is -2.38. The highest BCUT2D eigenvalue weighted by molar-refractivity contribution is 5.80. The van der Waals surface area contributed by atoms with Crippen LogP contribution < -0.4 is 19.5 Å². The van der Waals surface area contributed by atoms with Gasteiger partial charge in [0.1, 0.15) is 23.9 Å². The summed E-state index contributed by atoms with van der Waals surface area (Å²) in [6.45, 7) is 2.12. The van der Waals surface area contributed by atoms with Gasteiger partial charge in [-0.15, -0.1) is 10.2 Å². The molecule has 0 saturated carbocycles. The second kappa shape index (κ2) is 10.2. The highest BCUT2D eigenvalue weighted by Gasteiger charge is 2.14. The molecular weight excluding hydrogens is 389 g/mol. The van der Waals surface area contributed by atoms with Crippen LogP contribution in [0.25, 0.3) is 11.3 Å². The van der Waals surface area contributed by atoms with Crippen LogP contribution in [0.5, 0.6) is 17.4 Å². The van der Waals surface area contributed by atoms with Crippen molar-refractivity contribution < 1.29 is 23.4 Å². The number of hydrogen-bond donors (Lipinski definition) is 1. The van der Waals surface area contributed by atoms with Crippen molar-refractivity contribution in [1.29, 1.82) is 0 Å². The molecule has 1 amide bonds. The van der Waals surface area contributed by atoms with Crippen LogP contribution in [-0.4, -0.2) is 42.5 Å². The number of benzene rings is 2. The Kier molecular flexibility index (Phi) is 7.15. The minimum Gasteiger partial charge on any atom is -0.497 e. The van der Waals surface area contributed by atoms with E-state index in [1.807, 2.05) is 24.3 Å². The van der Waals surface area contributed by atoms with Crippen molar-refractivity contribution >= 4 is 5.91 Å². The molecule has 1 heterocycles. The summed E-state index contributed by atoms with van der Waals surface area (Å²) in [6.07, 6.45) is -0.723. The Morgan fingerprint density at radius 2 is 1.70 bits per heavy atom. The van der Waals surface area contributed by atoms with Crippen LogP contribution in [0.3, 0.4) is 0 Å². The van der Waals surface area contributed by atoms with Crippen molar-refractivity contribution in [1.82, 2.24) is 15.5 Å². The molecule has 0 spiro atoms. The number of halogens is 1. The minimum absolute atomic E-state index is 0.228. The number of amides is 1. The second-order valence-electron chi connectivity index (χ2n) is 6.34. The molecule has 0 bridgehead atoms. The van der Waals surface area contributed by atoms with E-state index in [-0.39, 0.29) is 24.9 Å². The molecule has 0 saturated heterocycles. The predicted octanol–water partition coefficient (Wildman–Crippen LogP) is 3.25. The molecule has 1 N–H and O–H groups in total. The first kappa shape index (κ1) is 21.0. The maximum atomic E-state index is 12.9. The summed E-state index contributed by atoms with van der Waals surface area (Å²) in [6, 6.07) is 16.5. The van der Waals surface area contributed by atoms with Gasteiger partial charge in [-0.3, -0.25) is 4.79 Å². The molecule has 30 heavy (non-hydrogen) atoms. The van der Waals surface area contributed by atoms with Crippen LogP contribution >= 0.6 is 0 Å². The number of ether oxygens (including phenoxy) is 3. The Hall–Kier alpha value is -3.68. The van der Waals surface area contributed by atoms with Gasteiger partial charge in [0.25, 0.3) is 5.91 Å². The Morgan fingerprint density at radius 3 is 2.33 bits per heavy atom. The van der Waals surface area contributed by atoms with E-state index in [2.05, 4.69) is 15.5 Å². The smallest absolute Gasteiger partial charge is 0.260 e. The third kappa shape index (κ3) is 5.91. The third-order valence-electron chi connectivity index (χ3n) is 4.17. The van der Waals surface area contributed by atoms with Crippen molar-refractivity contribution in [2.75, 3.05) is 20.3 Å². The Balaban J connectivity index is 1.41. The number of hydrogen-bond acceptors (Lipinski definition) is 6. The zero-order chi connectivity index (χ0) is 21.3. The summed E-state index contributed by atoms with van der Waals surface area (Å²) in [5.41, 5.74) is 1.63. The summed E-state index contributed by atoms with van der Waals surface area (Å²) in [5.74, 6) is 0.881. The standard InChI is InChI=1S/C22H22FN3O4/c1-15(30-19-9-5-17(23)6-10-19)22(27)24-13-14-29-21-12-11-20(25-26-21)16-3-7-18(28-2)8-4-16/h3-12,15H,13-14H2,1-2H3,(H,24,27). The van der Waals surface area contributed by atoms with Gasteiger partial charge >= 0.3 is 0 Å². The fourth-order valence-corrected chi connectivity index (χ4v) is 2.56. The van der Waals surface area contributed by atoms with Gasteiger partial charge in [0.05, 0.1) is 19.3 Å². The zero-order valence-electron chi connectivity index (χ0n) is 16.7. The highest BCUT2D eigenvalue weighted by atomic mass is 19.1. The van der Waals surface area contributed by atoms with Crippen molar-refractivity contribution in [3.05, 3.63) is 66.5 Å². The van der Waals surface area contributed by atoms with E-state index < -0.39 is 6.10 Å². The number of aromatic nitrogens is 2. The number of nitrogens with zero attached hydrogens (tertiary/aromatic N) is 2. The number of carbonyl (C=O) groups is 1. The van der Waals surface area contributed by atoms with Crippen LogP contribution in [0.2, 0.25) is 0 Å². The zero-order valence-corrected chi connectivity index (χ0v) is 16.7. The highest BCUT2D eigenvalue weighted by Crippen LogP contribution is 2.21. The predicted molar refractivity (Wildman–Crippen MR) is 109 cm³/mol. The van der Waals surface area contributed by atoms with Crippen molar-refractivity contribution in [3.63, 3.8) is 0 Å². The van der Waals surface area contributed by atoms with Crippen LogP contribution in [0, 0.1) is 5.82 Å². The van der Waals surface area contributed by atoms with Crippen LogP contribution in [0.1, 0.15) is 6.92 Å². The van der Waals surface area contributed by atoms with Gasteiger partial charge in [0, 0.05) is 11.6 Å².